The summed E-state index contributed by atoms with van der Waals surface area (Å²) >= 11 is 0. The highest BCUT2D eigenvalue weighted by molar-refractivity contribution is 6.14. The van der Waals surface area contributed by atoms with E-state index in [2.05, 4.69) is 53.1 Å². The third kappa shape index (κ3) is 5.50. The number of para-hydroxylation sites is 4. The fourth-order valence-electron chi connectivity index (χ4n) is 4.15. The number of hydrogen-bond acceptors (Lipinski definition) is 4. The maximum Gasteiger partial charge on any atom is 0.0871 e. The van der Waals surface area contributed by atoms with E-state index >= 15 is 0 Å². The van der Waals surface area contributed by atoms with Crippen molar-refractivity contribution >= 4 is 39.9 Å². The molecule has 1 aliphatic heterocycles. The number of nitrogens with zero attached hydrogens (tertiary/aromatic N) is 2. The topological polar surface area (TPSA) is 48.8 Å². The first kappa shape index (κ1) is 23.1. The lowest BCUT2D eigenvalue weighted by Crippen LogP contribution is -2.06. The van der Waals surface area contributed by atoms with Crippen molar-refractivity contribution < 1.29 is 0 Å². The molecule has 0 aromatic heterocycles. The molecule has 0 saturated heterocycles. The highest BCUT2D eigenvalue weighted by Gasteiger charge is 2.11. The summed E-state index contributed by atoms with van der Waals surface area (Å²) in [5.74, 6) is 0. The largest absolute Gasteiger partial charge is 0.357 e. The van der Waals surface area contributed by atoms with Gasteiger partial charge in [-0.3, -0.25) is 4.99 Å². The molecule has 5 rings (SSSR count). The number of nitrogens with one attached hydrogen (secondary N) is 2. The molecular weight excluding hydrogens is 440 g/mol. The van der Waals surface area contributed by atoms with Gasteiger partial charge in [-0.2, -0.15) is 0 Å². The lowest BCUT2D eigenvalue weighted by atomic mass is 10.0. The second-order valence-corrected chi connectivity index (χ2v) is 8.65. The number of hydrogen-bond donors (Lipinski definition) is 2. The van der Waals surface area contributed by atoms with Crippen LogP contribution in [0.3, 0.4) is 0 Å². The van der Waals surface area contributed by atoms with E-state index in [9.17, 15) is 0 Å². The van der Waals surface area contributed by atoms with Gasteiger partial charge in [0, 0.05) is 22.7 Å². The van der Waals surface area contributed by atoms with Gasteiger partial charge in [-0.05, 0) is 55.8 Å². The maximum atomic E-state index is 5.16. The van der Waals surface area contributed by atoms with Crippen LogP contribution in [0, 0.1) is 0 Å². The summed E-state index contributed by atoms with van der Waals surface area (Å²) in [6, 6.07) is 36.8. The van der Waals surface area contributed by atoms with E-state index < -0.39 is 0 Å². The molecule has 4 nitrogen and oxygen atoms in total. The van der Waals surface area contributed by atoms with E-state index in [-0.39, 0.29) is 0 Å². The molecule has 0 fully saturated rings. The van der Waals surface area contributed by atoms with Crippen LogP contribution in [0.1, 0.15) is 25.0 Å². The van der Waals surface area contributed by atoms with Crippen molar-refractivity contribution in [2.75, 3.05) is 10.6 Å². The van der Waals surface area contributed by atoms with Gasteiger partial charge in [0.05, 0.1) is 28.5 Å². The van der Waals surface area contributed by atoms with Crippen LogP contribution in [-0.4, -0.2) is 11.4 Å². The van der Waals surface area contributed by atoms with Gasteiger partial charge in [0.25, 0.3) is 0 Å². The standard InChI is InChI=1S/C32H28N4/c1-23-21-24(2)34-28-18-10-12-20-30(28)36-32(26-15-7-4-8-16-26)22-31(25-13-5-3-6-14-25)35-29-19-11-9-17-27(29)33-23/h3-22,33,36H,1-2H3/b23-21-,32-22-,34-24?,35-31?. The molecule has 1 aliphatic rings. The summed E-state index contributed by atoms with van der Waals surface area (Å²) in [5, 5.41) is 7.18. The molecular formula is C32H28N4. The van der Waals surface area contributed by atoms with E-state index in [1.807, 2.05) is 92.7 Å². The van der Waals surface area contributed by atoms with Gasteiger partial charge in [0.15, 0.2) is 0 Å². The molecule has 0 bridgehead atoms. The monoisotopic (exact) mass is 468 g/mol. The van der Waals surface area contributed by atoms with E-state index in [0.717, 1.165) is 56.7 Å². The molecule has 0 spiro atoms. The van der Waals surface area contributed by atoms with Crippen LogP contribution < -0.4 is 10.6 Å². The van der Waals surface area contributed by atoms with Gasteiger partial charge in [-0.15, -0.1) is 0 Å². The van der Waals surface area contributed by atoms with Crippen LogP contribution in [0.15, 0.2) is 137 Å². The van der Waals surface area contributed by atoms with Gasteiger partial charge >= 0.3 is 0 Å². The molecule has 0 radical (unpaired) electrons. The zero-order chi connectivity index (χ0) is 24.7. The molecule has 0 amide bonds. The van der Waals surface area contributed by atoms with Gasteiger partial charge < -0.3 is 10.6 Å². The maximum absolute atomic E-state index is 5.16. The Kier molecular flexibility index (Phi) is 6.86. The Morgan fingerprint density at radius 1 is 0.500 bits per heavy atom. The van der Waals surface area contributed by atoms with Crippen LogP contribution in [0.2, 0.25) is 0 Å². The lowest BCUT2D eigenvalue weighted by Gasteiger charge is -2.16. The molecule has 2 N–H and O–H groups in total. The normalized spacial score (nSPS) is 16.7. The Balaban J connectivity index is 1.78. The minimum Gasteiger partial charge on any atom is -0.357 e. The Morgan fingerprint density at radius 3 is 1.69 bits per heavy atom. The number of allylic oxidation sites excluding steroid dienone is 3. The van der Waals surface area contributed by atoms with Crippen molar-refractivity contribution in [3.8, 4) is 0 Å². The Hall–Kier alpha value is -4.70. The van der Waals surface area contributed by atoms with E-state index in [4.69, 9.17) is 9.98 Å². The number of fused-ring (bicyclic) bond motifs is 2. The summed E-state index contributed by atoms with van der Waals surface area (Å²) in [7, 11) is 0. The minimum absolute atomic E-state index is 0.854. The number of rotatable bonds is 2. The molecule has 0 atom stereocenters. The van der Waals surface area contributed by atoms with Crippen molar-refractivity contribution in [3.05, 3.63) is 138 Å². The average Bonchev–Trinajstić information content (AvgIpc) is 2.90. The molecule has 36 heavy (non-hydrogen) atoms. The fraction of sp³-hybridized carbons (Fsp3) is 0.0625. The summed E-state index contributed by atoms with van der Waals surface area (Å²) < 4.78 is 0. The van der Waals surface area contributed by atoms with Gasteiger partial charge in [-0.1, -0.05) is 84.9 Å². The molecule has 4 heteroatoms. The highest BCUT2D eigenvalue weighted by atomic mass is 14.9. The first-order valence-electron chi connectivity index (χ1n) is 12.0. The van der Waals surface area contributed by atoms with E-state index in [0.29, 0.717) is 0 Å². The van der Waals surface area contributed by atoms with Crippen LogP contribution in [0.25, 0.3) is 5.70 Å². The number of benzene rings is 4. The van der Waals surface area contributed by atoms with Crippen LogP contribution in [0.4, 0.5) is 22.7 Å². The summed E-state index contributed by atoms with van der Waals surface area (Å²) in [6.07, 6.45) is 4.17. The Bertz CT molecular complexity index is 1480. The van der Waals surface area contributed by atoms with Crippen LogP contribution in [0.5, 0.6) is 0 Å². The molecule has 0 unspecified atom stereocenters. The zero-order valence-corrected chi connectivity index (χ0v) is 20.4. The third-order valence-electron chi connectivity index (χ3n) is 5.81. The molecule has 0 saturated carbocycles. The van der Waals surface area contributed by atoms with Crippen LogP contribution >= 0.6 is 0 Å². The van der Waals surface area contributed by atoms with Gasteiger partial charge in [0.2, 0.25) is 0 Å². The lowest BCUT2D eigenvalue weighted by molar-refractivity contribution is 1.36. The third-order valence-corrected chi connectivity index (χ3v) is 5.81. The minimum atomic E-state index is 0.854. The van der Waals surface area contributed by atoms with E-state index in [1.54, 1.807) is 0 Å². The quantitative estimate of drug-likeness (QED) is 0.310. The first-order valence-corrected chi connectivity index (χ1v) is 12.0. The van der Waals surface area contributed by atoms with Crippen molar-refractivity contribution in [2.45, 2.75) is 13.8 Å². The molecule has 0 aliphatic carbocycles. The van der Waals surface area contributed by atoms with Crippen molar-refractivity contribution in [2.24, 2.45) is 9.98 Å². The molecule has 1 heterocycles. The van der Waals surface area contributed by atoms with Gasteiger partial charge in [-0.25, -0.2) is 4.99 Å². The zero-order valence-electron chi connectivity index (χ0n) is 20.4. The Morgan fingerprint density at radius 2 is 1.03 bits per heavy atom. The summed E-state index contributed by atoms with van der Waals surface area (Å²) in [6.45, 7) is 4.06. The fourth-order valence-corrected chi connectivity index (χ4v) is 4.15. The van der Waals surface area contributed by atoms with Crippen molar-refractivity contribution in [1.82, 2.24) is 0 Å². The second-order valence-electron chi connectivity index (χ2n) is 8.65. The van der Waals surface area contributed by atoms with E-state index in [1.165, 1.54) is 0 Å². The molecule has 176 valence electrons. The predicted molar refractivity (Wildman–Crippen MR) is 154 cm³/mol. The highest BCUT2D eigenvalue weighted by Crippen LogP contribution is 2.31. The Labute approximate surface area is 212 Å². The van der Waals surface area contributed by atoms with Crippen molar-refractivity contribution in [3.63, 3.8) is 0 Å². The van der Waals surface area contributed by atoms with Gasteiger partial charge in [0.1, 0.15) is 0 Å². The van der Waals surface area contributed by atoms with Crippen LogP contribution in [-0.2, 0) is 0 Å². The molecule has 4 aromatic rings. The predicted octanol–water partition coefficient (Wildman–Crippen LogP) is 8.38. The SMILES string of the molecule is CC1=Nc2ccccc2N/C(c2ccccc2)=C\C(c2ccccc2)=Nc2ccccc2N/C(C)=C\1. The van der Waals surface area contributed by atoms with Crippen molar-refractivity contribution in [1.29, 1.82) is 0 Å². The number of aliphatic imine (C=N–C) groups is 2. The number of anilines is 2. The second kappa shape index (κ2) is 10.7. The smallest absolute Gasteiger partial charge is 0.0871 e. The average molecular weight is 469 g/mol. The first-order chi connectivity index (χ1) is 17.7. The summed E-state index contributed by atoms with van der Waals surface area (Å²) in [5.41, 5.74) is 9.38. The summed E-state index contributed by atoms with van der Waals surface area (Å²) in [4.78, 5) is 10.1. The molecule has 4 aromatic carbocycles.